The predicted octanol–water partition coefficient (Wildman–Crippen LogP) is 3.40. The van der Waals surface area contributed by atoms with Gasteiger partial charge in [-0.15, -0.1) is 0 Å². The Morgan fingerprint density at radius 3 is 2.68 bits per heavy atom. The second kappa shape index (κ2) is 9.17. The Kier molecular flexibility index (Phi) is 6.65. The van der Waals surface area contributed by atoms with Gasteiger partial charge in [0, 0.05) is 37.2 Å². The molecule has 0 spiro atoms. The van der Waals surface area contributed by atoms with E-state index in [1.165, 1.54) is 18.2 Å². The summed E-state index contributed by atoms with van der Waals surface area (Å²) in [7, 11) is 0. The summed E-state index contributed by atoms with van der Waals surface area (Å²) in [5.74, 6) is -0.0259. The van der Waals surface area contributed by atoms with Gasteiger partial charge in [-0.2, -0.15) is 0 Å². The smallest absolute Gasteiger partial charge is 0.260 e. The van der Waals surface area contributed by atoms with E-state index in [2.05, 4.69) is 4.90 Å². The van der Waals surface area contributed by atoms with Crippen LogP contribution in [0.2, 0.25) is 5.02 Å². The van der Waals surface area contributed by atoms with Crippen molar-refractivity contribution < 1.29 is 18.7 Å². The lowest BCUT2D eigenvalue weighted by molar-refractivity contribution is -0.138. The Hall–Kier alpha value is -2.44. The molecule has 0 bridgehead atoms. The van der Waals surface area contributed by atoms with Gasteiger partial charge in [0.15, 0.2) is 12.9 Å². The van der Waals surface area contributed by atoms with Crippen molar-refractivity contribution in [1.82, 2.24) is 9.80 Å². The number of nitrogens with zero attached hydrogens (tertiary/aromatic N) is 2. The number of hydrogen-bond acceptors (Lipinski definition) is 4. The van der Waals surface area contributed by atoms with E-state index in [0.717, 1.165) is 25.2 Å². The van der Waals surface area contributed by atoms with E-state index >= 15 is 0 Å². The Morgan fingerprint density at radius 1 is 1.25 bits per heavy atom. The summed E-state index contributed by atoms with van der Waals surface area (Å²) in [6.45, 7) is 4.62. The first-order valence-electron chi connectivity index (χ1n) is 9.10. The second-order valence-corrected chi connectivity index (χ2v) is 7.32. The van der Waals surface area contributed by atoms with E-state index in [-0.39, 0.29) is 24.4 Å². The molecule has 148 valence electrons. The second-order valence-electron chi connectivity index (χ2n) is 6.89. The van der Waals surface area contributed by atoms with Crippen molar-refractivity contribution in [2.24, 2.45) is 0 Å². The van der Waals surface area contributed by atoms with Crippen molar-refractivity contribution in [3.8, 4) is 5.75 Å². The number of carbonyl (C=O) groups is 2. The topological polar surface area (TPSA) is 49.9 Å². The fourth-order valence-electron chi connectivity index (χ4n) is 3.36. The molecule has 1 atom stereocenters. The summed E-state index contributed by atoms with van der Waals surface area (Å²) in [6, 6.07) is 11.2. The number of piperazine rings is 1. The highest BCUT2D eigenvalue weighted by atomic mass is 35.5. The van der Waals surface area contributed by atoms with Gasteiger partial charge in [-0.1, -0.05) is 23.7 Å². The average molecular weight is 405 g/mol. The summed E-state index contributed by atoms with van der Waals surface area (Å²) >= 11 is 5.87. The first-order chi connectivity index (χ1) is 13.5. The Bertz CT molecular complexity index is 844. The maximum absolute atomic E-state index is 13.0. The molecule has 1 heterocycles. The third kappa shape index (κ3) is 5.09. The first kappa shape index (κ1) is 20.3. The van der Waals surface area contributed by atoms with Crippen LogP contribution in [-0.4, -0.2) is 54.3 Å². The summed E-state index contributed by atoms with van der Waals surface area (Å²) in [5.41, 5.74) is 1.36. The number of amides is 1. The molecule has 2 aromatic carbocycles. The van der Waals surface area contributed by atoms with Crippen molar-refractivity contribution in [2.75, 3.05) is 26.2 Å². The predicted molar refractivity (Wildman–Crippen MR) is 105 cm³/mol. The zero-order valence-corrected chi connectivity index (χ0v) is 16.4. The maximum atomic E-state index is 13.0. The molecular formula is C21H22ClFN2O3. The van der Waals surface area contributed by atoms with E-state index in [9.17, 15) is 14.0 Å². The molecule has 7 heteroatoms. The third-order valence-electron chi connectivity index (χ3n) is 4.80. The van der Waals surface area contributed by atoms with Crippen LogP contribution in [-0.2, 0) is 11.3 Å². The van der Waals surface area contributed by atoms with Crippen LogP contribution in [0.4, 0.5) is 4.39 Å². The summed E-state index contributed by atoms with van der Waals surface area (Å²) in [5, 5.41) is 0.437. The summed E-state index contributed by atoms with van der Waals surface area (Å²) in [6.07, 6.45) is 0.655. The fraction of sp³-hybridized carbons (Fsp3) is 0.333. The molecule has 0 radical (unpaired) electrons. The van der Waals surface area contributed by atoms with Crippen LogP contribution in [0.5, 0.6) is 5.75 Å². The highest BCUT2D eigenvalue weighted by molar-refractivity contribution is 6.30. The molecule has 28 heavy (non-hydrogen) atoms. The fourth-order valence-corrected chi connectivity index (χ4v) is 3.54. The number of hydrogen-bond donors (Lipinski definition) is 0. The van der Waals surface area contributed by atoms with Gasteiger partial charge in [-0.3, -0.25) is 14.5 Å². The molecule has 1 aliphatic heterocycles. The molecule has 0 aliphatic carbocycles. The van der Waals surface area contributed by atoms with Gasteiger partial charge in [-0.25, -0.2) is 4.39 Å². The monoisotopic (exact) mass is 404 g/mol. The van der Waals surface area contributed by atoms with Crippen LogP contribution in [0.1, 0.15) is 22.8 Å². The van der Waals surface area contributed by atoms with E-state index in [4.69, 9.17) is 16.3 Å². The van der Waals surface area contributed by atoms with Crippen LogP contribution in [0.25, 0.3) is 0 Å². The van der Waals surface area contributed by atoms with Gasteiger partial charge in [0.1, 0.15) is 11.6 Å². The maximum Gasteiger partial charge on any atom is 0.260 e. The molecule has 1 saturated heterocycles. The van der Waals surface area contributed by atoms with Crippen LogP contribution < -0.4 is 4.74 Å². The van der Waals surface area contributed by atoms with Gasteiger partial charge >= 0.3 is 0 Å². The molecule has 1 aliphatic rings. The number of ether oxygens (including phenoxy) is 1. The lowest BCUT2D eigenvalue weighted by Gasteiger charge is -2.39. The minimum Gasteiger partial charge on any atom is -0.483 e. The van der Waals surface area contributed by atoms with Crippen LogP contribution in [0, 0.1) is 5.82 Å². The van der Waals surface area contributed by atoms with E-state index in [0.29, 0.717) is 29.2 Å². The lowest BCUT2D eigenvalue weighted by atomic mass is 10.1. The molecule has 1 fully saturated rings. The van der Waals surface area contributed by atoms with Crippen molar-refractivity contribution in [3.05, 3.63) is 64.4 Å². The molecule has 0 N–H and O–H groups in total. The van der Waals surface area contributed by atoms with Crippen LogP contribution in [0.15, 0.2) is 42.5 Å². The standard InChI is InChI=1S/C21H22ClFN2O3/c1-15-11-24(12-16-2-5-19(23)6-3-16)8-9-25(15)21(27)14-28-20-7-4-18(22)10-17(20)13-26/h2-7,10,13,15H,8-9,11-12,14H2,1H3. The summed E-state index contributed by atoms with van der Waals surface area (Å²) in [4.78, 5) is 27.7. The highest BCUT2D eigenvalue weighted by Crippen LogP contribution is 2.22. The van der Waals surface area contributed by atoms with Crippen LogP contribution in [0.3, 0.4) is 0 Å². The van der Waals surface area contributed by atoms with Crippen molar-refractivity contribution in [2.45, 2.75) is 19.5 Å². The zero-order valence-electron chi connectivity index (χ0n) is 15.6. The first-order valence-corrected chi connectivity index (χ1v) is 9.48. The van der Waals surface area contributed by atoms with Gasteiger partial charge in [0.25, 0.3) is 5.91 Å². The lowest BCUT2D eigenvalue weighted by Crippen LogP contribution is -2.54. The molecule has 1 amide bonds. The van der Waals surface area contributed by atoms with Gasteiger partial charge in [0.05, 0.1) is 5.56 Å². The normalized spacial score (nSPS) is 17.4. The van der Waals surface area contributed by atoms with Gasteiger partial charge in [0.2, 0.25) is 0 Å². The van der Waals surface area contributed by atoms with Crippen molar-refractivity contribution >= 4 is 23.8 Å². The van der Waals surface area contributed by atoms with Crippen molar-refractivity contribution in [1.29, 1.82) is 0 Å². The minimum absolute atomic E-state index is 0.0288. The number of carbonyl (C=O) groups excluding carboxylic acids is 2. The van der Waals surface area contributed by atoms with Gasteiger partial charge in [-0.05, 0) is 42.8 Å². The SMILES string of the molecule is CC1CN(Cc2ccc(F)cc2)CCN1C(=O)COc1ccc(Cl)cc1C=O. The van der Waals surface area contributed by atoms with Crippen molar-refractivity contribution in [3.63, 3.8) is 0 Å². The van der Waals surface area contributed by atoms with E-state index in [1.54, 1.807) is 29.2 Å². The molecule has 5 nitrogen and oxygen atoms in total. The molecule has 2 aromatic rings. The summed E-state index contributed by atoms with van der Waals surface area (Å²) < 4.78 is 18.6. The number of aldehydes is 1. The highest BCUT2D eigenvalue weighted by Gasteiger charge is 2.27. The zero-order chi connectivity index (χ0) is 20.1. The van der Waals surface area contributed by atoms with Crippen LogP contribution >= 0.6 is 11.6 Å². The Balaban J connectivity index is 1.53. The Labute approximate surface area is 168 Å². The van der Waals surface area contributed by atoms with Gasteiger partial charge < -0.3 is 9.64 Å². The average Bonchev–Trinajstić information content (AvgIpc) is 2.68. The van der Waals surface area contributed by atoms with E-state index < -0.39 is 0 Å². The number of halogens is 2. The Morgan fingerprint density at radius 2 is 2.00 bits per heavy atom. The third-order valence-corrected chi connectivity index (χ3v) is 5.04. The number of benzene rings is 2. The molecule has 0 aromatic heterocycles. The largest absolute Gasteiger partial charge is 0.483 e. The quantitative estimate of drug-likeness (QED) is 0.692. The minimum atomic E-state index is -0.244. The molecule has 1 unspecified atom stereocenters. The molecule has 3 rings (SSSR count). The molecular weight excluding hydrogens is 383 g/mol. The number of rotatable bonds is 6. The van der Waals surface area contributed by atoms with E-state index in [1.807, 2.05) is 6.92 Å². The molecule has 0 saturated carbocycles.